The number of phenolic OH excluding ortho intramolecular Hbond substituents is 1. The van der Waals surface area contributed by atoms with E-state index >= 15 is 0 Å². The smallest absolute Gasteiger partial charge is 0.345 e. The Hall–Kier alpha value is -1.84. The van der Waals surface area contributed by atoms with E-state index in [-0.39, 0.29) is 30.5 Å². The maximum atomic E-state index is 13.5. The van der Waals surface area contributed by atoms with Crippen molar-refractivity contribution < 1.29 is 40.6 Å². The van der Waals surface area contributed by atoms with Crippen LogP contribution in [0.4, 0.5) is 17.6 Å². The van der Waals surface area contributed by atoms with Crippen LogP contribution >= 0.6 is 0 Å². The quantitative estimate of drug-likeness (QED) is 0.381. The number of sulfone groups is 1. The molecule has 1 fully saturated rings. The highest BCUT2D eigenvalue weighted by molar-refractivity contribution is 7.91. The van der Waals surface area contributed by atoms with Gasteiger partial charge in [-0.05, 0) is 25.2 Å². The van der Waals surface area contributed by atoms with Gasteiger partial charge in [-0.2, -0.15) is 4.39 Å². The second kappa shape index (κ2) is 6.96. The van der Waals surface area contributed by atoms with Gasteiger partial charge in [0.15, 0.2) is 17.4 Å². The van der Waals surface area contributed by atoms with Gasteiger partial charge in [0.2, 0.25) is 11.6 Å². The van der Waals surface area contributed by atoms with Crippen molar-refractivity contribution in [2.75, 3.05) is 18.1 Å². The standard InChI is InChI=1S/C14H14F4O5S/c15-9-8(13(19)12(18)11(17)10(9)16)14(20)23-4-1-7-2-5-24(21,22)6-3-7/h7,19H,1-6H2. The number of carbonyl (C=O) groups excluding carboxylic acids is 1. The highest BCUT2D eigenvalue weighted by atomic mass is 32.2. The largest absolute Gasteiger partial charge is 0.504 e. The van der Waals surface area contributed by atoms with E-state index in [0.29, 0.717) is 12.8 Å². The maximum absolute atomic E-state index is 13.5. The summed E-state index contributed by atoms with van der Waals surface area (Å²) in [5, 5.41) is 9.27. The van der Waals surface area contributed by atoms with Gasteiger partial charge in [-0.1, -0.05) is 0 Å². The van der Waals surface area contributed by atoms with Crippen LogP contribution in [0.5, 0.6) is 5.75 Å². The molecule has 1 aromatic carbocycles. The minimum Gasteiger partial charge on any atom is -0.504 e. The molecular formula is C14H14F4O5S. The average Bonchev–Trinajstić information content (AvgIpc) is 2.53. The van der Waals surface area contributed by atoms with Crippen LogP contribution in [0.2, 0.25) is 0 Å². The average molecular weight is 370 g/mol. The van der Waals surface area contributed by atoms with Crippen LogP contribution in [0.25, 0.3) is 0 Å². The van der Waals surface area contributed by atoms with E-state index in [1.165, 1.54) is 0 Å². The van der Waals surface area contributed by atoms with E-state index in [1.54, 1.807) is 0 Å². The fourth-order valence-electron chi connectivity index (χ4n) is 2.42. The van der Waals surface area contributed by atoms with Gasteiger partial charge in [0.1, 0.15) is 15.4 Å². The molecule has 10 heteroatoms. The van der Waals surface area contributed by atoms with E-state index in [9.17, 15) is 35.9 Å². The molecule has 0 aliphatic carbocycles. The van der Waals surface area contributed by atoms with E-state index in [1.807, 2.05) is 0 Å². The molecule has 0 spiro atoms. The molecule has 5 nitrogen and oxygen atoms in total. The van der Waals surface area contributed by atoms with E-state index in [4.69, 9.17) is 0 Å². The number of hydrogen-bond donors (Lipinski definition) is 1. The summed E-state index contributed by atoms with van der Waals surface area (Å²) >= 11 is 0. The van der Waals surface area contributed by atoms with Gasteiger partial charge in [0.05, 0.1) is 18.1 Å². The van der Waals surface area contributed by atoms with Crippen molar-refractivity contribution >= 4 is 15.8 Å². The Labute approximate surface area is 135 Å². The molecule has 1 aromatic rings. The summed E-state index contributed by atoms with van der Waals surface area (Å²) < 4.78 is 79.9. The number of hydrogen-bond acceptors (Lipinski definition) is 5. The first kappa shape index (κ1) is 18.5. The molecule has 134 valence electrons. The number of rotatable bonds is 4. The minimum absolute atomic E-state index is 0.0232. The lowest BCUT2D eigenvalue weighted by molar-refractivity contribution is 0.0468. The van der Waals surface area contributed by atoms with Crippen molar-refractivity contribution in [2.45, 2.75) is 19.3 Å². The van der Waals surface area contributed by atoms with Gasteiger partial charge in [-0.25, -0.2) is 26.4 Å². The molecule has 1 aliphatic rings. The first-order chi connectivity index (χ1) is 11.1. The molecule has 0 radical (unpaired) electrons. The molecule has 0 aromatic heterocycles. The van der Waals surface area contributed by atoms with Gasteiger partial charge in [0, 0.05) is 0 Å². The predicted octanol–water partition coefficient (Wildman–Crippen LogP) is 2.32. The van der Waals surface area contributed by atoms with E-state index in [2.05, 4.69) is 4.74 Å². The summed E-state index contributed by atoms with van der Waals surface area (Å²) in [6, 6.07) is 0. The number of carbonyl (C=O) groups is 1. The van der Waals surface area contributed by atoms with E-state index < -0.39 is 50.4 Å². The molecule has 24 heavy (non-hydrogen) atoms. The summed E-state index contributed by atoms with van der Waals surface area (Å²) in [6.07, 6.45) is 1.05. The normalized spacial score (nSPS) is 17.7. The maximum Gasteiger partial charge on any atom is 0.345 e. The van der Waals surface area contributed by atoms with Crippen molar-refractivity contribution in [3.8, 4) is 5.75 Å². The fourth-order valence-corrected chi connectivity index (χ4v) is 4.01. The highest BCUT2D eigenvalue weighted by Crippen LogP contribution is 2.30. The molecule has 0 amide bonds. The minimum atomic E-state index is -3.03. The summed E-state index contributed by atoms with van der Waals surface area (Å²) in [7, 11) is -3.03. The zero-order chi connectivity index (χ0) is 18.1. The zero-order valence-corrected chi connectivity index (χ0v) is 13.1. The summed E-state index contributed by atoms with van der Waals surface area (Å²) in [5.74, 6) is -11.8. The number of aromatic hydroxyl groups is 1. The second-order valence-corrected chi connectivity index (χ2v) is 7.80. The second-order valence-electron chi connectivity index (χ2n) is 5.50. The number of benzene rings is 1. The van der Waals surface area contributed by atoms with Crippen molar-refractivity contribution in [3.05, 3.63) is 28.8 Å². The number of ether oxygens (including phenoxy) is 1. The zero-order valence-electron chi connectivity index (χ0n) is 12.3. The number of esters is 1. The molecule has 1 aliphatic heterocycles. The van der Waals surface area contributed by atoms with Crippen LogP contribution in [-0.2, 0) is 14.6 Å². The summed E-state index contributed by atoms with van der Waals surface area (Å²) in [5.41, 5.74) is -1.42. The lowest BCUT2D eigenvalue weighted by Crippen LogP contribution is -2.24. The summed E-state index contributed by atoms with van der Waals surface area (Å²) in [4.78, 5) is 11.7. The summed E-state index contributed by atoms with van der Waals surface area (Å²) in [6.45, 7) is -0.261. The highest BCUT2D eigenvalue weighted by Gasteiger charge is 2.30. The van der Waals surface area contributed by atoms with Crippen LogP contribution in [0.3, 0.4) is 0 Å². The Morgan fingerprint density at radius 3 is 2.17 bits per heavy atom. The van der Waals surface area contributed by atoms with Crippen LogP contribution < -0.4 is 0 Å². The lowest BCUT2D eigenvalue weighted by Gasteiger charge is -2.21. The number of phenols is 1. The monoisotopic (exact) mass is 370 g/mol. The predicted molar refractivity (Wildman–Crippen MR) is 74.2 cm³/mol. The molecule has 0 atom stereocenters. The lowest BCUT2D eigenvalue weighted by atomic mass is 9.99. The Balaban J connectivity index is 1.99. The van der Waals surface area contributed by atoms with Crippen molar-refractivity contribution in [3.63, 3.8) is 0 Å². The van der Waals surface area contributed by atoms with Crippen LogP contribution in [-0.4, -0.2) is 37.6 Å². The Bertz CT molecular complexity index is 720. The van der Waals surface area contributed by atoms with Crippen LogP contribution in [0, 0.1) is 29.2 Å². The Morgan fingerprint density at radius 1 is 1.04 bits per heavy atom. The third kappa shape index (κ3) is 3.80. The first-order valence-corrected chi connectivity index (χ1v) is 8.88. The topological polar surface area (TPSA) is 80.7 Å². The fraction of sp³-hybridized carbons (Fsp3) is 0.500. The van der Waals surface area contributed by atoms with Crippen molar-refractivity contribution in [1.29, 1.82) is 0 Å². The van der Waals surface area contributed by atoms with Crippen molar-refractivity contribution in [1.82, 2.24) is 0 Å². The Morgan fingerprint density at radius 2 is 1.58 bits per heavy atom. The number of halogens is 4. The molecule has 0 bridgehead atoms. The van der Waals surface area contributed by atoms with Gasteiger partial charge < -0.3 is 9.84 Å². The van der Waals surface area contributed by atoms with Crippen LogP contribution in [0.1, 0.15) is 29.6 Å². The van der Waals surface area contributed by atoms with Crippen LogP contribution in [0.15, 0.2) is 0 Å². The third-order valence-electron chi connectivity index (χ3n) is 3.88. The van der Waals surface area contributed by atoms with Gasteiger partial charge in [-0.3, -0.25) is 0 Å². The Kier molecular flexibility index (Phi) is 5.36. The molecule has 0 unspecified atom stereocenters. The molecule has 1 heterocycles. The van der Waals surface area contributed by atoms with Gasteiger partial charge in [0.25, 0.3) is 0 Å². The molecule has 1 saturated heterocycles. The third-order valence-corrected chi connectivity index (χ3v) is 5.60. The van der Waals surface area contributed by atoms with Crippen molar-refractivity contribution in [2.24, 2.45) is 5.92 Å². The van der Waals surface area contributed by atoms with Gasteiger partial charge >= 0.3 is 5.97 Å². The van der Waals surface area contributed by atoms with E-state index in [0.717, 1.165) is 0 Å². The molecule has 0 saturated carbocycles. The first-order valence-electron chi connectivity index (χ1n) is 7.06. The van der Waals surface area contributed by atoms with Gasteiger partial charge in [-0.15, -0.1) is 0 Å². The molecule has 2 rings (SSSR count). The molecular weight excluding hydrogens is 356 g/mol. The molecule has 1 N–H and O–H groups in total. The SMILES string of the molecule is O=C(OCCC1CCS(=O)(=O)CC1)c1c(O)c(F)c(F)c(F)c1F.